The van der Waals surface area contributed by atoms with E-state index in [2.05, 4.69) is 31.5 Å². The van der Waals surface area contributed by atoms with Gasteiger partial charge < -0.3 is 4.90 Å². The maximum absolute atomic E-state index is 4.24. The standard InChI is InChI=1S/C15H31NS/c1-14(15-10-11-15)16(2)12-8-6-4-3-5-7-9-13-17/h14-15,17H,3-13H2,1-2H3. The molecule has 1 atom stereocenters. The van der Waals surface area contributed by atoms with Gasteiger partial charge in [0.25, 0.3) is 0 Å². The highest BCUT2D eigenvalue weighted by Crippen LogP contribution is 2.34. The summed E-state index contributed by atoms with van der Waals surface area (Å²) in [4.78, 5) is 2.57. The number of nitrogens with zero attached hydrogens (tertiary/aromatic N) is 1. The molecule has 1 unspecified atom stereocenters. The van der Waals surface area contributed by atoms with Gasteiger partial charge in [-0.2, -0.15) is 12.6 Å². The van der Waals surface area contributed by atoms with Crippen molar-refractivity contribution in [3.63, 3.8) is 0 Å². The average Bonchev–Trinajstić information content (AvgIpc) is 3.15. The second-order valence-electron chi connectivity index (χ2n) is 5.76. The molecule has 0 radical (unpaired) electrons. The highest BCUT2D eigenvalue weighted by atomic mass is 32.1. The lowest BCUT2D eigenvalue weighted by Gasteiger charge is -2.24. The van der Waals surface area contributed by atoms with Crippen molar-refractivity contribution in [1.29, 1.82) is 0 Å². The Hall–Kier alpha value is 0.310. The Balaban J connectivity index is 1.83. The summed E-state index contributed by atoms with van der Waals surface area (Å²) >= 11 is 4.24. The van der Waals surface area contributed by atoms with Gasteiger partial charge in [0.1, 0.15) is 0 Å². The van der Waals surface area contributed by atoms with E-state index >= 15 is 0 Å². The molecule has 1 rings (SSSR count). The van der Waals surface area contributed by atoms with Gasteiger partial charge in [0.05, 0.1) is 0 Å². The van der Waals surface area contributed by atoms with Crippen LogP contribution >= 0.6 is 12.6 Å². The third-order valence-corrected chi connectivity index (χ3v) is 4.48. The largest absolute Gasteiger partial charge is 0.303 e. The first-order valence-electron chi connectivity index (χ1n) is 7.57. The fourth-order valence-electron chi connectivity index (χ4n) is 2.50. The Morgan fingerprint density at radius 1 is 1.00 bits per heavy atom. The van der Waals surface area contributed by atoms with E-state index in [1.165, 1.54) is 64.3 Å². The van der Waals surface area contributed by atoms with E-state index in [-0.39, 0.29) is 0 Å². The molecule has 17 heavy (non-hydrogen) atoms. The summed E-state index contributed by atoms with van der Waals surface area (Å²) in [6.07, 6.45) is 12.7. The molecule has 0 N–H and O–H groups in total. The molecule has 0 spiro atoms. The molecule has 0 aromatic carbocycles. The molecule has 1 aliphatic carbocycles. The Labute approximate surface area is 114 Å². The van der Waals surface area contributed by atoms with Gasteiger partial charge in [0.2, 0.25) is 0 Å². The van der Waals surface area contributed by atoms with Gasteiger partial charge >= 0.3 is 0 Å². The molecular formula is C15H31NS. The summed E-state index contributed by atoms with van der Waals surface area (Å²) in [7, 11) is 2.30. The molecule has 1 fully saturated rings. The zero-order valence-electron chi connectivity index (χ0n) is 11.8. The Morgan fingerprint density at radius 2 is 1.53 bits per heavy atom. The zero-order valence-corrected chi connectivity index (χ0v) is 12.7. The number of unbranched alkanes of at least 4 members (excludes halogenated alkanes) is 6. The second-order valence-corrected chi connectivity index (χ2v) is 6.20. The highest BCUT2D eigenvalue weighted by Gasteiger charge is 2.29. The maximum Gasteiger partial charge on any atom is 0.00921 e. The fraction of sp³-hybridized carbons (Fsp3) is 1.00. The van der Waals surface area contributed by atoms with Crippen LogP contribution < -0.4 is 0 Å². The third kappa shape index (κ3) is 7.35. The van der Waals surface area contributed by atoms with Crippen LogP contribution in [0.2, 0.25) is 0 Å². The van der Waals surface area contributed by atoms with Crippen molar-refractivity contribution in [2.45, 2.75) is 70.8 Å². The predicted molar refractivity (Wildman–Crippen MR) is 81.0 cm³/mol. The Bertz CT molecular complexity index is 180. The van der Waals surface area contributed by atoms with E-state index in [9.17, 15) is 0 Å². The van der Waals surface area contributed by atoms with E-state index in [0.29, 0.717) is 0 Å². The van der Waals surface area contributed by atoms with E-state index < -0.39 is 0 Å². The Kier molecular flexibility index (Phi) is 8.38. The predicted octanol–water partition coefficient (Wildman–Crippen LogP) is 4.38. The minimum absolute atomic E-state index is 0.824. The number of hydrogen-bond donors (Lipinski definition) is 1. The lowest BCUT2D eigenvalue weighted by Crippen LogP contribution is -2.31. The van der Waals surface area contributed by atoms with E-state index in [1.807, 2.05) is 0 Å². The molecule has 2 heteroatoms. The van der Waals surface area contributed by atoms with Crippen LogP contribution in [0.25, 0.3) is 0 Å². The van der Waals surface area contributed by atoms with Gasteiger partial charge in [-0.25, -0.2) is 0 Å². The molecule has 0 saturated heterocycles. The van der Waals surface area contributed by atoms with Crippen LogP contribution in [0.1, 0.15) is 64.7 Å². The summed E-state index contributed by atoms with van der Waals surface area (Å²) in [5, 5.41) is 0. The smallest absolute Gasteiger partial charge is 0.00921 e. The lowest BCUT2D eigenvalue weighted by atomic mass is 10.1. The molecule has 0 heterocycles. The van der Waals surface area contributed by atoms with Crippen molar-refractivity contribution >= 4 is 12.6 Å². The fourth-order valence-corrected chi connectivity index (χ4v) is 2.72. The van der Waals surface area contributed by atoms with E-state index in [0.717, 1.165) is 17.7 Å². The van der Waals surface area contributed by atoms with Gasteiger partial charge in [0.15, 0.2) is 0 Å². The maximum atomic E-state index is 4.24. The van der Waals surface area contributed by atoms with Gasteiger partial charge in [-0.1, -0.05) is 32.1 Å². The second kappa shape index (κ2) is 9.27. The van der Waals surface area contributed by atoms with Crippen molar-refractivity contribution < 1.29 is 0 Å². The first-order valence-corrected chi connectivity index (χ1v) is 8.20. The molecule has 1 saturated carbocycles. The van der Waals surface area contributed by atoms with E-state index in [1.54, 1.807) is 0 Å². The highest BCUT2D eigenvalue weighted by molar-refractivity contribution is 7.80. The van der Waals surface area contributed by atoms with E-state index in [4.69, 9.17) is 0 Å². The number of thiol groups is 1. The van der Waals surface area contributed by atoms with Crippen molar-refractivity contribution in [3.8, 4) is 0 Å². The molecule has 0 bridgehead atoms. The normalized spacial score (nSPS) is 17.6. The molecule has 102 valence electrons. The summed E-state index contributed by atoms with van der Waals surface area (Å²) in [5.41, 5.74) is 0. The van der Waals surface area contributed by atoms with Crippen LogP contribution in [-0.2, 0) is 0 Å². The van der Waals surface area contributed by atoms with Crippen molar-refractivity contribution in [1.82, 2.24) is 4.90 Å². The topological polar surface area (TPSA) is 3.24 Å². The summed E-state index contributed by atoms with van der Waals surface area (Å²) < 4.78 is 0. The van der Waals surface area contributed by atoms with Crippen LogP contribution in [0.4, 0.5) is 0 Å². The molecule has 1 aliphatic rings. The van der Waals surface area contributed by atoms with Gasteiger partial charge in [-0.15, -0.1) is 0 Å². The minimum Gasteiger partial charge on any atom is -0.303 e. The molecular weight excluding hydrogens is 226 g/mol. The first-order chi connectivity index (χ1) is 8.25. The van der Waals surface area contributed by atoms with Crippen LogP contribution in [0.3, 0.4) is 0 Å². The average molecular weight is 257 g/mol. The lowest BCUT2D eigenvalue weighted by molar-refractivity contribution is 0.229. The summed E-state index contributed by atoms with van der Waals surface area (Å²) in [6.45, 7) is 3.70. The van der Waals surface area contributed by atoms with Crippen LogP contribution in [0, 0.1) is 5.92 Å². The quantitative estimate of drug-likeness (QED) is 0.425. The number of hydrogen-bond acceptors (Lipinski definition) is 2. The molecule has 1 nitrogen and oxygen atoms in total. The van der Waals surface area contributed by atoms with Gasteiger partial charge in [0, 0.05) is 6.04 Å². The molecule has 0 aromatic heterocycles. The van der Waals surface area contributed by atoms with Crippen molar-refractivity contribution in [2.75, 3.05) is 19.3 Å². The van der Waals surface area contributed by atoms with Crippen molar-refractivity contribution in [2.24, 2.45) is 5.92 Å². The Morgan fingerprint density at radius 3 is 2.06 bits per heavy atom. The van der Waals surface area contributed by atoms with Gasteiger partial charge in [-0.05, 0) is 57.9 Å². The first kappa shape index (κ1) is 15.4. The molecule has 0 amide bonds. The minimum atomic E-state index is 0.824. The van der Waals surface area contributed by atoms with Crippen molar-refractivity contribution in [3.05, 3.63) is 0 Å². The monoisotopic (exact) mass is 257 g/mol. The molecule has 0 aromatic rings. The zero-order chi connectivity index (χ0) is 12.5. The van der Waals surface area contributed by atoms with Gasteiger partial charge in [-0.3, -0.25) is 0 Å². The third-order valence-electron chi connectivity index (χ3n) is 4.17. The van der Waals surface area contributed by atoms with Crippen LogP contribution in [-0.4, -0.2) is 30.3 Å². The SMILES string of the molecule is CC(C1CC1)N(C)CCCCCCCCCS. The van der Waals surface area contributed by atoms with Crippen LogP contribution in [0.15, 0.2) is 0 Å². The molecule has 0 aliphatic heterocycles. The summed E-state index contributed by atoms with van der Waals surface area (Å²) in [5.74, 6) is 2.07. The summed E-state index contributed by atoms with van der Waals surface area (Å²) in [6, 6.07) is 0.824. The number of rotatable bonds is 11. The van der Waals surface area contributed by atoms with Crippen LogP contribution in [0.5, 0.6) is 0 Å².